The number of carbonyl (C=O) groups is 2. The largest absolute Gasteiger partial charge is 0.336 e. The van der Waals surface area contributed by atoms with E-state index in [1.165, 1.54) is 5.56 Å². The van der Waals surface area contributed by atoms with Crippen molar-refractivity contribution in [3.05, 3.63) is 102 Å². The number of piperazine rings is 1. The Hall–Kier alpha value is -3.44. The number of nitrogens with zero attached hydrogens (tertiary/aromatic N) is 2. The number of carbonyl (C=O) groups excluding carboxylic acids is 2. The molecule has 0 bridgehead atoms. The average molecular weight is 399 g/mol. The third kappa shape index (κ3) is 4.93. The first-order valence-electron chi connectivity index (χ1n) is 10.2. The maximum atomic E-state index is 12.8. The van der Waals surface area contributed by atoms with Gasteiger partial charge in [-0.3, -0.25) is 14.5 Å². The molecular weight excluding hydrogens is 374 g/mol. The average Bonchev–Trinajstić information content (AvgIpc) is 2.81. The van der Waals surface area contributed by atoms with Gasteiger partial charge in [0.1, 0.15) is 0 Å². The molecule has 5 nitrogen and oxygen atoms in total. The van der Waals surface area contributed by atoms with Crippen molar-refractivity contribution >= 4 is 17.5 Å². The molecule has 152 valence electrons. The Kier molecular flexibility index (Phi) is 6.20. The van der Waals surface area contributed by atoms with Crippen LogP contribution in [0.3, 0.4) is 0 Å². The van der Waals surface area contributed by atoms with Crippen LogP contribution in [0.1, 0.15) is 26.3 Å². The molecule has 3 aromatic carbocycles. The Balaban J connectivity index is 1.30. The molecule has 4 rings (SSSR count). The standard InChI is InChI=1S/C25H25N3O2/c29-24(21-9-5-2-6-10-21)26-23-13-11-22(12-14-23)25(30)28-17-15-27(16-18-28)19-20-7-3-1-4-8-20/h1-14H,15-19H2,(H,26,29). The summed E-state index contributed by atoms with van der Waals surface area (Å²) in [5, 5.41) is 2.86. The van der Waals surface area contributed by atoms with Gasteiger partial charge in [0.2, 0.25) is 0 Å². The van der Waals surface area contributed by atoms with Gasteiger partial charge in [-0.05, 0) is 42.0 Å². The lowest BCUT2D eigenvalue weighted by atomic mass is 10.1. The summed E-state index contributed by atoms with van der Waals surface area (Å²) in [4.78, 5) is 29.4. The Morgan fingerprint density at radius 2 is 1.30 bits per heavy atom. The fourth-order valence-corrected chi connectivity index (χ4v) is 3.62. The van der Waals surface area contributed by atoms with E-state index in [1.807, 2.05) is 29.2 Å². The SMILES string of the molecule is O=C(Nc1ccc(C(=O)N2CCN(Cc3ccccc3)CC2)cc1)c1ccccc1. The van der Waals surface area contributed by atoms with Gasteiger partial charge < -0.3 is 10.2 Å². The van der Waals surface area contributed by atoms with Crippen molar-refractivity contribution in [1.82, 2.24) is 9.80 Å². The van der Waals surface area contributed by atoms with E-state index in [0.29, 0.717) is 16.8 Å². The first kappa shape index (κ1) is 19.9. The van der Waals surface area contributed by atoms with Crippen LogP contribution < -0.4 is 5.32 Å². The number of amides is 2. The van der Waals surface area contributed by atoms with E-state index in [9.17, 15) is 9.59 Å². The molecule has 3 aromatic rings. The highest BCUT2D eigenvalue weighted by Crippen LogP contribution is 2.15. The normalized spacial score (nSPS) is 14.3. The summed E-state index contributed by atoms with van der Waals surface area (Å²) in [6.45, 7) is 4.09. The van der Waals surface area contributed by atoms with Crippen LogP contribution in [0.15, 0.2) is 84.9 Å². The molecule has 0 unspecified atom stereocenters. The maximum Gasteiger partial charge on any atom is 0.255 e. The molecule has 1 N–H and O–H groups in total. The van der Waals surface area contributed by atoms with Crippen molar-refractivity contribution in [1.29, 1.82) is 0 Å². The lowest BCUT2D eigenvalue weighted by Gasteiger charge is -2.34. The Bertz CT molecular complexity index is 980. The lowest BCUT2D eigenvalue weighted by molar-refractivity contribution is 0.0628. The summed E-state index contributed by atoms with van der Waals surface area (Å²) in [6, 6.07) is 26.6. The van der Waals surface area contributed by atoms with Crippen LogP contribution in [-0.2, 0) is 6.54 Å². The van der Waals surface area contributed by atoms with Gasteiger partial charge in [-0.2, -0.15) is 0 Å². The van der Waals surface area contributed by atoms with Crippen molar-refractivity contribution in [3.8, 4) is 0 Å². The predicted octanol–water partition coefficient (Wildman–Crippen LogP) is 3.90. The van der Waals surface area contributed by atoms with Crippen LogP contribution in [-0.4, -0.2) is 47.8 Å². The van der Waals surface area contributed by atoms with E-state index in [0.717, 1.165) is 32.7 Å². The first-order chi connectivity index (χ1) is 14.7. The zero-order valence-corrected chi connectivity index (χ0v) is 16.8. The predicted molar refractivity (Wildman–Crippen MR) is 118 cm³/mol. The summed E-state index contributed by atoms with van der Waals surface area (Å²) in [7, 11) is 0. The van der Waals surface area contributed by atoms with Gasteiger partial charge in [-0.15, -0.1) is 0 Å². The molecule has 0 aliphatic carbocycles. The number of benzene rings is 3. The Labute approximate surface area is 176 Å². The molecule has 2 amide bonds. The van der Waals surface area contributed by atoms with Crippen LogP contribution in [0.25, 0.3) is 0 Å². The Morgan fingerprint density at radius 1 is 0.700 bits per heavy atom. The summed E-state index contributed by atoms with van der Waals surface area (Å²) >= 11 is 0. The van der Waals surface area contributed by atoms with E-state index >= 15 is 0 Å². The second kappa shape index (κ2) is 9.37. The molecule has 30 heavy (non-hydrogen) atoms. The van der Waals surface area contributed by atoms with Crippen LogP contribution in [0.4, 0.5) is 5.69 Å². The minimum atomic E-state index is -0.163. The second-order valence-corrected chi connectivity index (χ2v) is 7.45. The van der Waals surface area contributed by atoms with Crippen molar-refractivity contribution in [2.45, 2.75) is 6.54 Å². The van der Waals surface area contributed by atoms with Crippen molar-refractivity contribution in [2.75, 3.05) is 31.5 Å². The smallest absolute Gasteiger partial charge is 0.255 e. The number of rotatable bonds is 5. The molecule has 0 saturated carbocycles. The van der Waals surface area contributed by atoms with Gasteiger partial charge >= 0.3 is 0 Å². The number of hydrogen-bond acceptors (Lipinski definition) is 3. The summed E-state index contributed by atoms with van der Waals surface area (Å²) in [5.41, 5.74) is 3.22. The fourth-order valence-electron chi connectivity index (χ4n) is 3.62. The molecule has 1 aliphatic rings. The highest BCUT2D eigenvalue weighted by atomic mass is 16.2. The third-order valence-corrected chi connectivity index (χ3v) is 5.33. The molecule has 0 radical (unpaired) electrons. The van der Waals surface area contributed by atoms with E-state index in [4.69, 9.17) is 0 Å². The topological polar surface area (TPSA) is 52.7 Å². The van der Waals surface area contributed by atoms with Crippen molar-refractivity contribution < 1.29 is 9.59 Å². The molecular formula is C25H25N3O2. The van der Waals surface area contributed by atoms with E-state index in [1.54, 1.807) is 36.4 Å². The maximum absolute atomic E-state index is 12.8. The summed E-state index contributed by atoms with van der Waals surface area (Å²) < 4.78 is 0. The number of anilines is 1. The van der Waals surface area contributed by atoms with Crippen molar-refractivity contribution in [3.63, 3.8) is 0 Å². The Morgan fingerprint density at radius 3 is 1.93 bits per heavy atom. The molecule has 0 spiro atoms. The van der Waals surface area contributed by atoms with Gasteiger partial charge in [0.15, 0.2) is 0 Å². The minimum absolute atomic E-state index is 0.0373. The number of hydrogen-bond donors (Lipinski definition) is 1. The van der Waals surface area contributed by atoms with Gasteiger partial charge in [0, 0.05) is 49.5 Å². The van der Waals surface area contributed by atoms with E-state index < -0.39 is 0 Å². The minimum Gasteiger partial charge on any atom is -0.336 e. The van der Waals surface area contributed by atoms with Crippen LogP contribution in [0.2, 0.25) is 0 Å². The molecule has 1 aliphatic heterocycles. The van der Waals surface area contributed by atoms with Crippen molar-refractivity contribution in [2.24, 2.45) is 0 Å². The second-order valence-electron chi connectivity index (χ2n) is 7.45. The molecule has 1 heterocycles. The molecule has 1 saturated heterocycles. The fraction of sp³-hybridized carbons (Fsp3) is 0.200. The van der Waals surface area contributed by atoms with Crippen LogP contribution in [0.5, 0.6) is 0 Å². The first-order valence-corrected chi connectivity index (χ1v) is 10.2. The van der Waals surface area contributed by atoms with Crippen LogP contribution in [0, 0.1) is 0 Å². The monoisotopic (exact) mass is 399 g/mol. The number of nitrogens with one attached hydrogen (secondary N) is 1. The van der Waals surface area contributed by atoms with E-state index in [-0.39, 0.29) is 11.8 Å². The molecule has 5 heteroatoms. The third-order valence-electron chi connectivity index (χ3n) is 5.33. The molecule has 0 aromatic heterocycles. The summed E-state index contributed by atoms with van der Waals surface area (Å²) in [6.07, 6.45) is 0. The lowest BCUT2D eigenvalue weighted by Crippen LogP contribution is -2.48. The molecule has 0 atom stereocenters. The van der Waals surface area contributed by atoms with Gasteiger partial charge in [0.25, 0.3) is 11.8 Å². The summed E-state index contributed by atoms with van der Waals surface area (Å²) in [5.74, 6) is -0.125. The van der Waals surface area contributed by atoms with Gasteiger partial charge in [0.05, 0.1) is 0 Å². The quantitative estimate of drug-likeness (QED) is 0.708. The van der Waals surface area contributed by atoms with Crippen LogP contribution >= 0.6 is 0 Å². The van der Waals surface area contributed by atoms with Gasteiger partial charge in [-0.25, -0.2) is 0 Å². The zero-order valence-electron chi connectivity index (χ0n) is 16.8. The van der Waals surface area contributed by atoms with E-state index in [2.05, 4.69) is 34.5 Å². The highest BCUT2D eigenvalue weighted by Gasteiger charge is 2.22. The highest BCUT2D eigenvalue weighted by molar-refractivity contribution is 6.04. The molecule has 1 fully saturated rings. The zero-order chi connectivity index (χ0) is 20.8. The van der Waals surface area contributed by atoms with Gasteiger partial charge in [-0.1, -0.05) is 48.5 Å².